The summed E-state index contributed by atoms with van der Waals surface area (Å²) in [7, 11) is 0. The molecule has 0 bridgehead atoms. The first-order valence-corrected chi connectivity index (χ1v) is 10.9. The Labute approximate surface area is 192 Å². The van der Waals surface area contributed by atoms with Gasteiger partial charge >= 0.3 is 5.97 Å². The maximum Gasteiger partial charge on any atom is 0.353 e. The highest BCUT2D eigenvalue weighted by Crippen LogP contribution is 2.42. The van der Waals surface area contributed by atoms with Crippen molar-refractivity contribution in [1.82, 2.24) is 29.8 Å². The predicted octanol–water partition coefficient (Wildman–Crippen LogP) is 0.320. The molecule has 166 valence electrons. The second kappa shape index (κ2) is 8.68. The fourth-order valence-corrected chi connectivity index (χ4v) is 4.85. The van der Waals surface area contributed by atoms with Gasteiger partial charge in [0.15, 0.2) is 10.3 Å². The molecule has 1 unspecified atom stereocenters. The van der Waals surface area contributed by atoms with Crippen LogP contribution in [0.25, 0.3) is 0 Å². The Kier molecular flexibility index (Phi) is 5.94. The third kappa shape index (κ3) is 3.96. The van der Waals surface area contributed by atoms with E-state index in [9.17, 15) is 24.7 Å². The summed E-state index contributed by atoms with van der Waals surface area (Å²) in [6.07, 6.45) is 0.729. The minimum absolute atomic E-state index is 0.0683. The number of fused-ring (bicyclic) bond motifs is 1. The van der Waals surface area contributed by atoms with E-state index in [4.69, 9.17) is 17.3 Å². The summed E-state index contributed by atoms with van der Waals surface area (Å²) in [5, 5.41) is 32.6. The molecule has 2 aromatic heterocycles. The quantitative estimate of drug-likeness (QED) is 0.186. The van der Waals surface area contributed by atoms with Gasteiger partial charge in [-0.15, -0.1) is 10.2 Å². The van der Waals surface area contributed by atoms with Crippen LogP contribution in [0.1, 0.15) is 18.7 Å². The van der Waals surface area contributed by atoms with Gasteiger partial charge in [-0.05, 0) is 25.0 Å². The minimum atomic E-state index is -1.28. The van der Waals surface area contributed by atoms with Crippen molar-refractivity contribution >= 4 is 63.5 Å². The average molecular weight is 497 g/mol. The first-order valence-electron chi connectivity index (χ1n) is 8.89. The molecule has 2 aromatic rings. The van der Waals surface area contributed by atoms with Crippen molar-refractivity contribution in [3.05, 3.63) is 33.7 Å². The lowest BCUT2D eigenvalue weighted by atomic mass is 9.86. The number of aliphatic carboxylic acids is 1. The molecule has 2 amide bonds. The van der Waals surface area contributed by atoms with E-state index in [0.29, 0.717) is 22.8 Å². The molecule has 0 aliphatic carbocycles. The topological polar surface area (TPSA) is 197 Å². The Hall–Kier alpha value is -3.30. The number of halogens is 1. The zero-order chi connectivity index (χ0) is 23.0. The molecule has 1 saturated heterocycles. The highest BCUT2D eigenvalue weighted by Gasteiger charge is 2.54. The maximum absolute atomic E-state index is 12.7. The summed E-state index contributed by atoms with van der Waals surface area (Å²) in [5.41, 5.74) is 4.79. The van der Waals surface area contributed by atoms with Crippen LogP contribution in [-0.2, 0) is 14.4 Å². The summed E-state index contributed by atoms with van der Waals surface area (Å²) in [5.74, 6) is -2.96. The first kappa shape index (κ1) is 21.9. The normalized spacial score (nSPS) is 20.6. The molecule has 1 fully saturated rings. The van der Waals surface area contributed by atoms with Crippen molar-refractivity contribution in [1.29, 1.82) is 0 Å². The molecule has 2 aliphatic rings. The van der Waals surface area contributed by atoms with Crippen LogP contribution in [0.5, 0.6) is 0 Å². The zero-order valence-electron chi connectivity index (χ0n) is 15.8. The molecule has 5 N–H and O–H groups in total. The fourth-order valence-electron chi connectivity index (χ4n) is 3.34. The lowest BCUT2D eigenvalue weighted by Gasteiger charge is -2.50. The predicted molar refractivity (Wildman–Crippen MR) is 112 cm³/mol. The van der Waals surface area contributed by atoms with Crippen LogP contribution in [0.3, 0.4) is 0 Å². The fraction of sp³-hybridized carbons (Fsp3) is 0.250. The number of aromatic nitrogens is 4. The zero-order valence-corrected chi connectivity index (χ0v) is 18.2. The molecular formula is C16H13ClN8O5S2. The number of thioether (sulfide) groups is 1. The number of amides is 2. The third-order valence-electron chi connectivity index (χ3n) is 4.69. The Morgan fingerprint density at radius 2 is 2.16 bits per heavy atom. The van der Waals surface area contributed by atoms with Crippen LogP contribution < -0.4 is 11.1 Å². The van der Waals surface area contributed by atoms with Crippen molar-refractivity contribution in [3.8, 4) is 0 Å². The van der Waals surface area contributed by atoms with E-state index in [1.807, 2.05) is 0 Å². The number of oxime groups is 1. The number of hydrogen-bond donors (Lipinski definition) is 4. The first-order chi connectivity index (χ1) is 15.3. The molecule has 2 atom stereocenters. The van der Waals surface area contributed by atoms with Crippen LogP contribution in [0.2, 0.25) is 5.15 Å². The van der Waals surface area contributed by atoms with E-state index in [1.165, 1.54) is 6.07 Å². The van der Waals surface area contributed by atoms with Crippen molar-refractivity contribution in [2.24, 2.45) is 5.16 Å². The van der Waals surface area contributed by atoms with Gasteiger partial charge in [-0.25, -0.2) is 4.79 Å². The Morgan fingerprint density at radius 1 is 1.38 bits per heavy atom. The number of nitrogen functional groups attached to an aromatic ring is 1. The number of β-lactam (4-membered cyclic amide) rings is 1. The van der Waals surface area contributed by atoms with E-state index in [1.54, 1.807) is 6.07 Å². The van der Waals surface area contributed by atoms with Crippen molar-refractivity contribution in [2.45, 2.75) is 30.0 Å². The maximum atomic E-state index is 12.7. The number of carboxylic acid groups (broad SMARTS) is 1. The lowest BCUT2D eigenvalue weighted by Crippen LogP contribution is -2.72. The minimum Gasteiger partial charge on any atom is -0.477 e. The molecule has 4 rings (SSSR count). The molecule has 0 radical (unpaired) electrons. The molecular weight excluding hydrogens is 484 g/mol. The number of carboxylic acids is 1. The van der Waals surface area contributed by atoms with Gasteiger partial charge in [0.05, 0.1) is 6.04 Å². The molecule has 16 heteroatoms. The molecule has 0 spiro atoms. The van der Waals surface area contributed by atoms with E-state index in [-0.39, 0.29) is 21.8 Å². The molecule has 4 heterocycles. The van der Waals surface area contributed by atoms with E-state index < -0.39 is 35.6 Å². The highest BCUT2D eigenvalue weighted by molar-refractivity contribution is 8.03. The Morgan fingerprint density at radius 3 is 2.75 bits per heavy atom. The second-order valence-corrected chi connectivity index (χ2v) is 8.83. The van der Waals surface area contributed by atoms with Gasteiger partial charge in [0.1, 0.15) is 16.8 Å². The number of hydrogen-bond acceptors (Lipinski definition) is 12. The van der Waals surface area contributed by atoms with E-state index in [0.717, 1.165) is 28.2 Å². The Bertz CT molecular complexity index is 1170. The molecule has 0 saturated carbocycles. The standard InChI is InChI=1S/C16H13ClN8O5S2/c17-7-3-4-8(22-21-7)31-6-2-1-5-9(14(27)25(5)11(6)15(28)29)19-13(26)10(23-30)12-20-16(18)32-24-12/h3-5,9,30H,1-2H2,(H,19,26)(H,28,29)(H2,18,20,24)/b23-10-/t5?,9-/m0/s1. The smallest absolute Gasteiger partial charge is 0.353 e. The second-order valence-electron chi connectivity index (χ2n) is 6.54. The van der Waals surface area contributed by atoms with Gasteiger partial charge in [0, 0.05) is 16.4 Å². The number of nitrogens with one attached hydrogen (secondary N) is 1. The SMILES string of the molecule is Nc1nc(/C(=N/O)C(=O)N[C@@H]2C(=O)N3C(C(=O)O)=C(Sc4ccc(Cl)nn4)CCC23)ns1. The van der Waals surface area contributed by atoms with Crippen molar-refractivity contribution < 1.29 is 24.7 Å². The van der Waals surface area contributed by atoms with Crippen LogP contribution >= 0.6 is 34.9 Å². The van der Waals surface area contributed by atoms with Gasteiger partial charge in [-0.1, -0.05) is 28.5 Å². The van der Waals surface area contributed by atoms with Gasteiger partial charge < -0.3 is 21.4 Å². The van der Waals surface area contributed by atoms with Crippen LogP contribution in [0.15, 0.2) is 32.9 Å². The number of nitrogens with two attached hydrogens (primary N) is 1. The summed E-state index contributed by atoms with van der Waals surface area (Å²) in [4.78, 5) is 42.5. The van der Waals surface area contributed by atoms with Crippen molar-refractivity contribution in [2.75, 3.05) is 5.73 Å². The summed E-state index contributed by atoms with van der Waals surface area (Å²) < 4.78 is 3.80. The molecule has 32 heavy (non-hydrogen) atoms. The van der Waals surface area contributed by atoms with Crippen LogP contribution in [-0.4, -0.2) is 70.3 Å². The summed E-state index contributed by atoms with van der Waals surface area (Å²) in [6, 6.07) is 1.54. The van der Waals surface area contributed by atoms with Crippen LogP contribution in [0.4, 0.5) is 5.13 Å². The van der Waals surface area contributed by atoms with Gasteiger partial charge in [0.25, 0.3) is 11.8 Å². The molecule has 13 nitrogen and oxygen atoms in total. The monoisotopic (exact) mass is 496 g/mol. The average Bonchev–Trinajstić information content (AvgIpc) is 3.19. The number of carbonyl (C=O) groups is 3. The molecule has 0 aromatic carbocycles. The van der Waals surface area contributed by atoms with Gasteiger partial charge in [-0.2, -0.15) is 9.36 Å². The van der Waals surface area contributed by atoms with Gasteiger partial charge in [0.2, 0.25) is 11.5 Å². The van der Waals surface area contributed by atoms with E-state index >= 15 is 0 Å². The summed E-state index contributed by atoms with van der Waals surface area (Å²) >= 11 is 7.61. The lowest BCUT2D eigenvalue weighted by molar-refractivity contribution is -0.155. The summed E-state index contributed by atoms with van der Waals surface area (Å²) in [6.45, 7) is 0. The largest absolute Gasteiger partial charge is 0.477 e. The number of rotatable bonds is 6. The third-order valence-corrected chi connectivity index (χ3v) is 6.50. The van der Waals surface area contributed by atoms with Gasteiger partial charge in [-0.3, -0.25) is 14.5 Å². The number of allylic oxidation sites excluding steroid dienone is 1. The highest BCUT2D eigenvalue weighted by atomic mass is 35.5. The van der Waals surface area contributed by atoms with Crippen molar-refractivity contribution in [3.63, 3.8) is 0 Å². The Balaban J connectivity index is 1.52. The number of anilines is 1. The number of nitrogens with zero attached hydrogens (tertiary/aromatic N) is 6. The molecule has 2 aliphatic heterocycles. The van der Waals surface area contributed by atoms with E-state index in [2.05, 4.69) is 30.0 Å². The van der Waals surface area contributed by atoms with Crippen LogP contribution in [0, 0.1) is 0 Å². The number of carbonyl (C=O) groups excluding carboxylic acids is 2.